The van der Waals surface area contributed by atoms with Crippen LogP contribution < -0.4 is 5.32 Å². The number of fused-ring (bicyclic) bond motifs is 13. The van der Waals surface area contributed by atoms with E-state index in [1.165, 1.54) is 10.8 Å². The first-order valence-electron chi connectivity index (χ1n) is 29.2. The van der Waals surface area contributed by atoms with E-state index in [4.69, 9.17) is 29.4 Å². The van der Waals surface area contributed by atoms with E-state index in [1.807, 2.05) is 24.3 Å². The molecule has 0 spiro atoms. The molecule has 14 aromatic rings. The number of aliphatic imine (C=N–C) groups is 2. The van der Waals surface area contributed by atoms with Crippen molar-refractivity contribution < 1.29 is 4.42 Å². The fourth-order valence-corrected chi connectivity index (χ4v) is 13.3. The summed E-state index contributed by atoms with van der Waals surface area (Å²) in [6, 6.07) is 81.5. The van der Waals surface area contributed by atoms with Gasteiger partial charge in [-0.05, 0) is 100 Å². The number of aromatic nitrogens is 5. The lowest BCUT2D eigenvalue weighted by atomic mass is 9.88. The normalized spacial score (nSPS) is 16.3. The molecular formula is C76H52N8O. The number of benzene rings is 10. The molecule has 2 atom stereocenters. The van der Waals surface area contributed by atoms with Crippen LogP contribution in [0.3, 0.4) is 0 Å². The van der Waals surface area contributed by atoms with Crippen molar-refractivity contribution in [2.45, 2.75) is 25.4 Å². The Balaban J connectivity index is 0.964. The van der Waals surface area contributed by atoms with Crippen molar-refractivity contribution in [3.8, 4) is 28.2 Å². The van der Waals surface area contributed by atoms with E-state index in [2.05, 4.69) is 251 Å². The van der Waals surface area contributed by atoms with E-state index < -0.39 is 12.1 Å². The van der Waals surface area contributed by atoms with Crippen molar-refractivity contribution in [2.75, 3.05) is 0 Å². The summed E-state index contributed by atoms with van der Waals surface area (Å²) in [4.78, 5) is 27.1. The number of hydrogen-bond acceptors (Lipinski definition) is 7. The van der Waals surface area contributed by atoms with Gasteiger partial charge in [0.25, 0.3) is 0 Å². The lowest BCUT2D eigenvalue weighted by Gasteiger charge is -2.32. The third-order valence-electron chi connectivity index (χ3n) is 17.2. The molecule has 17 rings (SSSR count). The van der Waals surface area contributed by atoms with E-state index >= 15 is 0 Å². The Labute approximate surface area is 489 Å². The first-order chi connectivity index (χ1) is 42.1. The van der Waals surface area contributed by atoms with Gasteiger partial charge in [0.05, 0.1) is 38.8 Å². The van der Waals surface area contributed by atoms with E-state index in [0.717, 1.165) is 135 Å². The standard InChI is InChI=1S/C76H52N8O/c1-5-22-47(23-6-1)52-32-21-33-54(44-52)74-80-73(51-29-11-4-12-30-51)81-76(82-74)60-46-55(75-78-71(49-25-7-2-8-26-49)77-72(79-75)50-27-9-3-10-28-50)41-43-63(60)84-62-38-19-16-35-58(62)66-69(84)65-57-34-15-18-37-61(57)83(56-42-40-48-24-13-14-31-53(48)45-56)68(65)67-59-36-17-20-39-64(59)85-70(66)67/h1-9,11-27,29-45,60,74H,10,28,46H2,(H,80,81,82). The molecule has 0 saturated heterocycles. The van der Waals surface area contributed by atoms with E-state index in [9.17, 15) is 0 Å². The van der Waals surface area contributed by atoms with Crippen molar-refractivity contribution in [1.82, 2.24) is 29.4 Å². The van der Waals surface area contributed by atoms with Gasteiger partial charge in [-0.2, -0.15) is 0 Å². The third kappa shape index (κ3) is 8.10. The Morgan fingerprint density at radius 2 is 1.09 bits per heavy atom. The Morgan fingerprint density at radius 3 is 1.87 bits per heavy atom. The maximum atomic E-state index is 7.29. The van der Waals surface area contributed by atoms with Crippen LogP contribution in [0.2, 0.25) is 0 Å². The van der Waals surface area contributed by atoms with Crippen molar-refractivity contribution in [3.05, 3.63) is 284 Å². The highest BCUT2D eigenvalue weighted by atomic mass is 16.3. The Bertz CT molecular complexity index is 5250. The Hall–Kier alpha value is -11.0. The zero-order chi connectivity index (χ0) is 56.0. The lowest BCUT2D eigenvalue weighted by molar-refractivity contribution is 0.643. The molecular weight excluding hydrogens is 1040 g/mol. The third-order valence-corrected chi connectivity index (χ3v) is 17.2. The van der Waals surface area contributed by atoms with Crippen LogP contribution in [0.15, 0.2) is 275 Å². The summed E-state index contributed by atoms with van der Waals surface area (Å²) >= 11 is 0. The van der Waals surface area contributed by atoms with Gasteiger partial charge in [0.15, 0.2) is 23.3 Å². The highest BCUT2D eigenvalue weighted by molar-refractivity contribution is 6.39. The molecule has 0 saturated carbocycles. The van der Waals surface area contributed by atoms with Gasteiger partial charge in [-0.3, -0.25) is 0 Å². The van der Waals surface area contributed by atoms with Gasteiger partial charge in [-0.25, -0.2) is 24.9 Å². The predicted molar refractivity (Wildman–Crippen MR) is 349 cm³/mol. The minimum absolute atomic E-state index is 0.402. The highest BCUT2D eigenvalue weighted by Crippen LogP contribution is 2.51. The molecule has 4 aromatic heterocycles. The molecule has 85 heavy (non-hydrogen) atoms. The molecule has 9 nitrogen and oxygen atoms in total. The number of furan rings is 1. The number of nitrogens with zero attached hydrogens (tertiary/aromatic N) is 7. The van der Waals surface area contributed by atoms with Crippen molar-refractivity contribution >= 4 is 105 Å². The van der Waals surface area contributed by atoms with Gasteiger partial charge in [0.2, 0.25) is 0 Å². The van der Waals surface area contributed by atoms with E-state index in [0.29, 0.717) is 29.7 Å². The van der Waals surface area contributed by atoms with Crippen LogP contribution in [0.5, 0.6) is 0 Å². The first kappa shape index (κ1) is 48.7. The molecule has 2 aliphatic carbocycles. The van der Waals surface area contributed by atoms with Gasteiger partial charge in [0.1, 0.15) is 23.2 Å². The maximum absolute atomic E-state index is 7.29. The van der Waals surface area contributed by atoms with Crippen LogP contribution in [0.25, 0.3) is 121 Å². The van der Waals surface area contributed by atoms with Crippen LogP contribution in [-0.4, -0.2) is 35.8 Å². The highest BCUT2D eigenvalue weighted by Gasteiger charge is 2.36. The van der Waals surface area contributed by atoms with Crippen LogP contribution in [0.1, 0.15) is 48.2 Å². The van der Waals surface area contributed by atoms with Gasteiger partial charge < -0.3 is 18.9 Å². The van der Waals surface area contributed by atoms with Crippen molar-refractivity contribution in [3.63, 3.8) is 0 Å². The monoisotopic (exact) mass is 1090 g/mol. The van der Waals surface area contributed by atoms with Gasteiger partial charge >= 0.3 is 0 Å². The molecule has 9 heteroatoms. The average Bonchev–Trinajstić information content (AvgIpc) is 2.41. The fourth-order valence-electron chi connectivity index (χ4n) is 13.3. The second-order valence-corrected chi connectivity index (χ2v) is 22.2. The molecule has 0 amide bonds. The number of allylic oxidation sites excluding steroid dienone is 7. The zero-order valence-electron chi connectivity index (χ0n) is 46.1. The summed E-state index contributed by atoms with van der Waals surface area (Å²) in [6.45, 7) is 0. The summed E-state index contributed by atoms with van der Waals surface area (Å²) in [5.74, 6) is 2.98. The lowest BCUT2D eigenvalue weighted by Crippen LogP contribution is -2.39. The van der Waals surface area contributed by atoms with Crippen LogP contribution in [0, 0.1) is 5.92 Å². The summed E-state index contributed by atoms with van der Waals surface area (Å²) in [6.07, 6.45) is 12.8. The Morgan fingerprint density at radius 1 is 0.471 bits per heavy atom. The molecule has 0 fully saturated rings. The smallest absolute Gasteiger partial charge is 0.164 e. The van der Waals surface area contributed by atoms with E-state index in [1.54, 1.807) is 0 Å². The van der Waals surface area contributed by atoms with Crippen LogP contribution in [0.4, 0.5) is 0 Å². The first-order valence-corrected chi connectivity index (χ1v) is 29.2. The number of amidine groups is 2. The minimum atomic E-state index is -0.485. The number of rotatable bonds is 9. The molecule has 402 valence electrons. The second kappa shape index (κ2) is 19.9. The molecule has 3 aliphatic rings. The summed E-state index contributed by atoms with van der Waals surface area (Å²) < 4.78 is 12.3. The zero-order valence-corrected chi connectivity index (χ0v) is 46.1. The minimum Gasteiger partial charge on any atom is -0.455 e. The second-order valence-electron chi connectivity index (χ2n) is 22.2. The summed E-state index contributed by atoms with van der Waals surface area (Å²) in [7, 11) is 0. The van der Waals surface area contributed by atoms with Crippen molar-refractivity contribution in [2.24, 2.45) is 15.9 Å². The van der Waals surface area contributed by atoms with Crippen LogP contribution in [-0.2, 0) is 0 Å². The van der Waals surface area contributed by atoms with Crippen LogP contribution >= 0.6 is 0 Å². The maximum Gasteiger partial charge on any atom is 0.164 e. The molecule has 0 bridgehead atoms. The summed E-state index contributed by atoms with van der Waals surface area (Å²) in [5.41, 5.74) is 15.3. The average molecular weight is 1090 g/mol. The van der Waals surface area contributed by atoms with Gasteiger partial charge in [-0.15, -0.1) is 0 Å². The molecule has 5 heterocycles. The molecule has 1 N–H and O–H groups in total. The fraction of sp³-hybridized carbons (Fsp3) is 0.0658. The molecule has 2 unspecified atom stereocenters. The molecule has 10 aromatic carbocycles. The largest absolute Gasteiger partial charge is 0.455 e. The number of hydrogen-bond donors (Lipinski definition) is 1. The molecule has 1 aliphatic heterocycles. The van der Waals surface area contributed by atoms with E-state index in [-0.39, 0.29) is 0 Å². The molecule has 0 radical (unpaired) electrons. The van der Waals surface area contributed by atoms with Crippen molar-refractivity contribution in [1.29, 1.82) is 0 Å². The SMILES string of the molecule is C1=CCCC(c2nc(C3=CC=C(n4c5ccccc5c5c6oc7ccccc7c6c6c(c7ccccc7n6-c6ccc7ccccc7c6)c54)C(C4=NC(c5ccccc5)=NC(c5cccc(-c6ccccc6)c5)N4)C3)nc(-c3ccccc3)n2)=C1. The van der Waals surface area contributed by atoms with Gasteiger partial charge in [-0.1, -0.05) is 218 Å². The predicted octanol–water partition coefficient (Wildman–Crippen LogP) is 18.3. The topological polar surface area (TPSA) is 98.4 Å². The Kier molecular flexibility index (Phi) is 11.4. The summed E-state index contributed by atoms with van der Waals surface area (Å²) in [5, 5.41) is 12.9. The number of nitrogens with one attached hydrogen (secondary N) is 1. The van der Waals surface area contributed by atoms with Gasteiger partial charge in [0, 0.05) is 44.1 Å². The number of para-hydroxylation sites is 3. The quantitative estimate of drug-likeness (QED) is 0.155.